The van der Waals surface area contributed by atoms with Gasteiger partial charge in [0.2, 0.25) is 12.7 Å². The van der Waals surface area contributed by atoms with Crippen LogP contribution in [0.5, 0.6) is 11.5 Å². The van der Waals surface area contributed by atoms with Crippen LogP contribution in [0.4, 0.5) is 0 Å². The number of para-hydroxylation sites is 1. The van der Waals surface area contributed by atoms with Gasteiger partial charge < -0.3 is 14.8 Å². The van der Waals surface area contributed by atoms with E-state index in [2.05, 4.69) is 10.3 Å². The van der Waals surface area contributed by atoms with Crippen LogP contribution in [0.25, 0.3) is 10.9 Å². The molecule has 8 heteroatoms. The van der Waals surface area contributed by atoms with Crippen molar-refractivity contribution < 1.29 is 14.3 Å². The lowest BCUT2D eigenvalue weighted by molar-refractivity contribution is -0.119. The van der Waals surface area contributed by atoms with Gasteiger partial charge >= 0.3 is 0 Å². The Balaban J connectivity index is 1.45. The average Bonchev–Trinajstić information content (AvgIpc) is 3.20. The van der Waals surface area contributed by atoms with E-state index in [1.807, 2.05) is 50.2 Å². The molecule has 1 atom stereocenters. The highest BCUT2D eigenvalue weighted by molar-refractivity contribution is 7.99. The van der Waals surface area contributed by atoms with Crippen LogP contribution in [0.1, 0.15) is 25.5 Å². The highest BCUT2D eigenvalue weighted by Crippen LogP contribution is 2.34. The Kier molecular flexibility index (Phi) is 5.44. The van der Waals surface area contributed by atoms with Gasteiger partial charge in [0.15, 0.2) is 16.7 Å². The minimum absolute atomic E-state index is 0.0882. The lowest BCUT2D eigenvalue weighted by atomic mass is 10.1. The molecule has 0 saturated carbocycles. The summed E-state index contributed by atoms with van der Waals surface area (Å²) in [5, 5.41) is 4.10. The first kappa shape index (κ1) is 19.3. The Hall–Kier alpha value is -3.00. The summed E-state index contributed by atoms with van der Waals surface area (Å²) in [6.45, 7) is 4.52. The van der Waals surface area contributed by atoms with Gasteiger partial charge in [0.1, 0.15) is 0 Å². The zero-order valence-electron chi connectivity index (χ0n) is 16.2. The molecule has 1 N–H and O–H groups in total. The third-order valence-corrected chi connectivity index (χ3v) is 5.73. The zero-order valence-corrected chi connectivity index (χ0v) is 17.0. The number of aromatic nitrogens is 2. The fraction of sp³-hybridized carbons (Fsp3) is 0.286. The second-order valence-corrected chi connectivity index (χ2v) is 7.59. The van der Waals surface area contributed by atoms with Gasteiger partial charge in [-0.1, -0.05) is 30.0 Å². The van der Waals surface area contributed by atoms with Crippen LogP contribution in [0.2, 0.25) is 0 Å². The summed E-state index contributed by atoms with van der Waals surface area (Å²) in [6.07, 6.45) is 0. The van der Waals surface area contributed by atoms with Gasteiger partial charge in [-0.05, 0) is 43.7 Å². The number of nitrogens with one attached hydrogen (secondary N) is 1. The van der Waals surface area contributed by atoms with Crippen molar-refractivity contribution in [2.24, 2.45) is 0 Å². The number of thioether (sulfide) groups is 1. The van der Waals surface area contributed by atoms with Crippen molar-refractivity contribution in [1.82, 2.24) is 14.9 Å². The molecule has 0 saturated heterocycles. The molecule has 4 rings (SSSR count). The summed E-state index contributed by atoms with van der Waals surface area (Å²) in [6, 6.07) is 12.7. The molecule has 1 aromatic heterocycles. The van der Waals surface area contributed by atoms with E-state index in [-0.39, 0.29) is 30.1 Å². The summed E-state index contributed by atoms with van der Waals surface area (Å²) in [7, 11) is 0. The maximum Gasteiger partial charge on any atom is 0.262 e. The Bertz CT molecular complexity index is 1130. The Morgan fingerprint density at radius 1 is 1.24 bits per heavy atom. The number of hydrogen-bond acceptors (Lipinski definition) is 6. The first-order chi connectivity index (χ1) is 14.1. The maximum atomic E-state index is 12.7. The Morgan fingerprint density at radius 3 is 2.86 bits per heavy atom. The van der Waals surface area contributed by atoms with E-state index in [1.54, 1.807) is 10.6 Å². The third kappa shape index (κ3) is 3.93. The smallest absolute Gasteiger partial charge is 0.262 e. The van der Waals surface area contributed by atoms with E-state index in [4.69, 9.17) is 9.47 Å². The summed E-state index contributed by atoms with van der Waals surface area (Å²) in [5.74, 6) is 1.43. The number of rotatable bonds is 6. The summed E-state index contributed by atoms with van der Waals surface area (Å²) >= 11 is 1.26. The summed E-state index contributed by atoms with van der Waals surface area (Å²) in [5.41, 5.74) is 1.48. The molecule has 0 spiro atoms. The average molecular weight is 411 g/mol. The molecule has 3 aromatic rings. The minimum Gasteiger partial charge on any atom is -0.454 e. The fourth-order valence-electron chi connectivity index (χ4n) is 3.22. The van der Waals surface area contributed by atoms with Crippen molar-refractivity contribution in [3.8, 4) is 11.5 Å². The molecular formula is C21H21N3O4S. The number of carbonyl (C=O) groups excluding carboxylic acids is 1. The van der Waals surface area contributed by atoms with Gasteiger partial charge in [-0.3, -0.25) is 14.2 Å². The molecule has 0 aliphatic carbocycles. The van der Waals surface area contributed by atoms with Gasteiger partial charge in [-0.15, -0.1) is 0 Å². The number of nitrogens with zero attached hydrogens (tertiary/aromatic N) is 2. The largest absolute Gasteiger partial charge is 0.454 e. The molecule has 1 unspecified atom stereocenters. The molecule has 1 amide bonds. The van der Waals surface area contributed by atoms with Gasteiger partial charge in [-0.2, -0.15) is 0 Å². The highest BCUT2D eigenvalue weighted by atomic mass is 32.2. The van der Waals surface area contributed by atoms with Crippen LogP contribution >= 0.6 is 11.8 Å². The third-order valence-electron chi connectivity index (χ3n) is 4.75. The van der Waals surface area contributed by atoms with Gasteiger partial charge in [-0.25, -0.2) is 4.98 Å². The van der Waals surface area contributed by atoms with E-state index < -0.39 is 0 Å². The van der Waals surface area contributed by atoms with Gasteiger partial charge in [0.05, 0.1) is 22.7 Å². The van der Waals surface area contributed by atoms with Crippen molar-refractivity contribution in [1.29, 1.82) is 0 Å². The number of ether oxygens (including phenoxy) is 2. The minimum atomic E-state index is -0.185. The molecule has 0 radical (unpaired) electrons. The van der Waals surface area contributed by atoms with E-state index in [0.29, 0.717) is 34.1 Å². The number of amides is 1. The summed E-state index contributed by atoms with van der Waals surface area (Å²) < 4.78 is 12.3. The standard InChI is InChI=1S/C21H21N3O4S/c1-3-24-20(26)15-6-4-5-7-16(15)23-21(24)29-11-19(25)22-13(2)14-8-9-17-18(10-14)28-12-27-17/h4-10,13H,3,11-12H2,1-2H3,(H,22,25). The molecule has 0 fully saturated rings. The maximum absolute atomic E-state index is 12.7. The van der Waals surface area contributed by atoms with E-state index in [9.17, 15) is 9.59 Å². The normalized spacial score (nSPS) is 13.4. The first-order valence-electron chi connectivity index (χ1n) is 9.38. The lowest BCUT2D eigenvalue weighted by Gasteiger charge is -2.15. The predicted molar refractivity (Wildman–Crippen MR) is 112 cm³/mol. The molecule has 7 nitrogen and oxygen atoms in total. The fourth-order valence-corrected chi connectivity index (χ4v) is 4.09. The van der Waals surface area contributed by atoms with Crippen molar-refractivity contribution in [2.75, 3.05) is 12.5 Å². The van der Waals surface area contributed by atoms with Crippen molar-refractivity contribution in [3.05, 3.63) is 58.4 Å². The predicted octanol–water partition coefficient (Wildman–Crippen LogP) is 3.11. The van der Waals surface area contributed by atoms with Crippen molar-refractivity contribution >= 4 is 28.6 Å². The quantitative estimate of drug-likeness (QED) is 0.496. The molecule has 150 valence electrons. The molecule has 1 aliphatic rings. The molecule has 2 aromatic carbocycles. The Labute approximate surface area is 172 Å². The van der Waals surface area contributed by atoms with Crippen molar-refractivity contribution in [3.63, 3.8) is 0 Å². The van der Waals surface area contributed by atoms with Crippen LogP contribution < -0.4 is 20.3 Å². The van der Waals surface area contributed by atoms with E-state index in [1.165, 1.54) is 11.8 Å². The molecular weight excluding hydrogens is 390 g/mol. The van der Waals surface area contributed by atoms with E-state index >= 15 is 0 Å². The van der Waals surface area contributed by atoms with Crippen LogP contribution in [0, 0.1) is 0 Å². The number of hydrogen-bond donors (Lipinski definition) is 1. The van der Waals surface area contributed by atoms with Crippen molar-refractivity contribution in [2.45, 2.75) is 31.6 Å². The van der Waals surface area contributed by atoms with Crippen LogP contribution in [0.15, 0.2) is 52.4 Å². The van der Waals surface area contributed by atoms with Crippen LogP contribution in [0.3, 0.4) is 0 Å². The topological polar surface area (TPSA) is 82.5 Å². The van der Waals surface area contributed by atoms with Gasteiger partial charge in [0.25, 0.3) is 5.56 Å². The SMILES string of the molecule is CCn1c(SCC(=O)NC(C)c2ccc3c(c2)OCO3)nc2ccccc2c1=O. The second-order valence-electron chi connectivity index (χ2n) is 6.65. The number of carbonyl (C=O) groups is 1. The first-order valence-corrected chi connectivity index (χ1v) is 10.4. The van der Waals surface area contributed by atoms with Crippen LogP contribution in [-0.4, -0.2) is 28.0 Å². The zero-order chi connectivity index (χ0) is 20.4. The molecule has 0 bridgehead atoms. The molecule has 2 heterocycles. The van der Waals surface area contributed by atoms with Gasteiger partial charge in [0, 0.05) is 6.54 Å². The Morgan fingerprint density at radius 2 is 2.03 bits per heavy atom. The lowest BCUT2D eigenvalue weighted by Crippen LogP contribution is -2.29. The highest BCUT2D eigenvalue weighted by Gasteiger charge is 2.18. The van der Waals surface area contributed by atoms with E-state index in [0.717, 1.165) is 5.56 Å². The van der Waals surface area contributed by atoms with Crippen LogP contribution in [-0.2, 0) is 11.3 Å². The number of benzene rings is 2. The second kappa shape index (κ2) is 8.16. The number of fused-ring (bicyclic) bond motifs is 2. The molecule has 29 heavy (non-hydrogen) atoms. The molecule has 1 aliphatic heterocycles. The monoisotopic (exact) mass is 411 g/mol. The summed E-state index contributed by atoms with van der Waals surface area (Å²) in [4.78, 5) is 29.7.